The molecule has 5 heteroatoms. The fourth-order valence-corrected chi connectivity index (χ4v) is 3.08. The summed E-state index contributed by atoms with van der Waals surface area (Å²) in [5.41, 5.74) is 7.62. The summed E-state index contributed by atoms with van der Waals surface area (Å²) < 4.78 is 20.7. The number of hydrogen-bond donors (Lipinski definition) is 1. The molecule has 0 aliphatic rings. The quantitative estimate of drug-likeness (QED) is 0.810. The van der Waals surface area contributed by atoms with Crippen molar-refractivity contribution in [1.82, 2.24) is 0 Å². The summed E-state index contributed by atoms with van der Waals surface area (Å²) in [7, 11) is 1.61. The minimum absolute atomic E-state index is 0.300. The van der Waals surface area contributed by atoms with Gasteiger partial charge in [0.15, 0.2) is 0 Å². The standard InChI is InChI=1S/C15H14Br2FNO/c1-20-10-5-6-11(16)9(7-10)8-14(19)15-12(17)3-2-4-13(15)18/h2-7,14H,8,19H2,1H3. The van der Waals surface area contributed by atoms with E-state index in [2.05, 4.69) is 31.9 Å². The second-order valence-corrected chi connectivity index (χ2v) is 6.11. The van der Waals surface area contributed by atoms with Crippen molar-refractivity contribution in [3.63, 3.8) is 0 Å². The van der Waals surface area contributed by atoms with Crippen molar-refractivity contribution < 1.29 is 9.13 Å². The molecule has 0 fully saturated rings. The van der Waals surface area contributed by atoms with Crippen molar-refractivity contribution in [2.75, 3.05) is 7.11 Å². The third-order valence-corrected chi connectivity index (χ3v) is 4.53. The van der Waals surface area contributed by atoms with Crippen LogP contribution in [0.1, 0.15) is 17.2 Å². The highest BCUT2D eigenvalue weighted by Gasteiger charge is 2.17. The lowest BCUT2D eigenvalue weighted by molar-refractivity contribution is 0.414. The lowest BCUT2D eigenvalue weighted by Crippen LogP contribution is -2.16. The SMILES string of the molecule is COc1ccc(Br)c(CC(N)c2c(F)cccc2Br)c1. The first-order valence-electron chi connectivity index (χ1n) is 6.05. The number of halogens is 3. The summed E-state index contributed by atoms with van der Waals surface area (Å²) in [4.78, 5) is 0. The first kappa shape index (κ1) is 15.5. The van der Waals surface area contributed by atoms with Gasteiger partial charge in [-0.2, -0.15) is 0 Å². The topological polar surface area (TPSA) is 35.2 Å². The van der Waals surface area contributed by atoms with E-state index in [4.69, 9.17) is 10.5 Å². The van der Waals surface area contributed by atoms with E-state index >= 15 is 0 Å². The van der Waals surface area contributed by atoms with Crippen LogP contribution in [-0.4, -0.2) is 7.11 Å². The van der Waals surface area contributed by atoms with E-state index in [0.717, 1.165) is 15.8 Å². The lowest BCUT2D eigenvalue weighted by atomic mass is 9.99. The van der Waals surface area contributed by atoms with E-state index in [-0.39, 0.29) is 5.82 Å². The molecular formula is C15H14Br2FNO. The maximum absolute atomic E-state index is 13.9. The molecule has 0 aliphatic heterocycles. The highest BCUT2D eigenvalue weighted by molar-refractivity contribution is 9.10. The van der Waals surface area contributed by atoms with Gasteiger partial charge < -0.3 is 10.5 Å². The van der Waals surface area contributed by atoms with Crippen LogP contribution in [0, 0.1) is 5.82 Å². The summed E-state index contributed by atoms with van der Waals surface area (Å²) in [6, 6.07) is 10.1. The number of nitrogens with two attached hydrogens (primary N) is 1. The fourth-order valence-electron chi connectivity index (χ4n) is 2.04. The van der Waals surface area contributed by atoms with Gasteiger partial charge in [0.2, 0.25) is 0 Å². The summed E-state index contributed by atoms with van der Waals surface area (Å²) in [6.45, 7) is 0. The average Bonchev–Trinajstić information content (AvgIpc) is 2.41. The Morgan fingerprint density at radius 2 is 1.95 bits per heavy atom. The van der Waals surface area contributed by atoms with Crippen LogP contribution in [0.3, 0.4) is 0 Å². The second-order valence-electron chi connectivity index (χ2n) is 4.40. The Balaban J connectivity index is 2.30. The van der Waals surface area contributed by atoms with Gasteiger partial charge in [-0.15, -0.1) is 0 Å². The third-order valence-electron chi connectivity index (χ3n) is 3.06. The minimum atomic E-state index is -0.436. The Bertz CT molecular complexity index is 599. The van der Waals surface area contributed by atoms with Crippen molar-refractivity contribution in [3.05, 3.63) is 62.3 Å². The molecule has 0 bridgehead atoms. The Kier molecular flexibility index (Phi) is 5.18. The van der Waals surface area contributed by atoms with Crippen LogP contribution in [0.4, 0.5) is 4.39 Å². The monoisotopic (exact) mass is 401 g/mol. The molecule has 2 nitrogen and oxygen atoms in total. The van der Waals surface area contributed by atoms with E-state index in [9.17, 15) is 4.39 Å². The van der Waals surface area contributed by atoms with Crippen LogP contribution in [0.5, 0.6) is 5.75 Å². The number of benzene rings is 2. The summed E-state index contributed by atoms with van der Waals surface area (Å²) in [5.74, 6) is 0.453. The highest BCUT2D eigenvalue weighted by atomic mass is 79.9. The average molecular weight is 403 g/mol. The number of hydrogen-bond acceptors (Lipinski definition) is 2. The minimum Gasteiger partial charge on any atom is -0.497 e. The third kappa shape index (κ3) is 3.40. The lowest BCUT2D eigenvalue weighted by Gasteiger charge is -2.16. The van der Waals surface area contributed by atoms with E-state index in [0.29, 0.717) is 16.5 Å². The molecule has 0 aliphatic carbocycles. The normalized spacial score (nSPS) is 12.2. The molecule has 0 saturated heterocycles. The van der Waals surface area contributed by atoms with Gasteiger partial charge in [-0.3, -0.25) is 0 Å². The molecule has 0 aromatic heterocycles. The molecule has 0 saturated carbocycles. The molecule has 1 unspecified atom stereocenters. The van der Waals surface area contributed by atoms with Gasteiger partial charge in [0.1, 0.15) is 11.6 Å². The predicted molar refractivity (Wildman–Crippen MR) is 85.4 cm³/mol. The van der Waals surface area contributed by atoms with Crippen molar-refractivity contribution >= 4 is 31.9 Å². The van der Waals surface area contributed by atoms with Gasteiger partial charge in [0, 0.05) is 20.6 Å². The van der Waals surface area contributed by atoms with Crippen LogP contribution in [0.2, 0.25) is 0 Å². The molecule has 0 heterocycles. The largest absolute Gasteiger partial charge is 0.497 e. The summed E-state index contributed by atoms with van der Waals surface area (Å²) in [5, 5.41) is 0. The van der Waals surface area contributed by atoms with Gasteiger partial charge in [-0.25, -0.2) is 4.39 Å². The molecule has 1 atom stereocenters. The van der Waals surface area contributed by atoms with Crippen LogP contribution >= 0.6 is 31.9 Å². The first-order valence-corrected chi connectivity index (χ1v) is 7.63. The number of methoxy groups -OCH3 is 1. The van der Waals surface area contributed by atoms with Crippen molar-refractivity contribution in [1.29, 1.82) is 0 Å². The molecular weight excluding hydrogens is 389 g/mol. The van der Waals surface area contributed by atoms with Gasteiger partial charge in [0.05, 0.1) is 7.11 Å². The second kappa shape index (κ2) is 6.70. The molecule has 2 rings (SSSR count). The van der Waals surface area contributed by atoms with Crippen LogP contribution in [-0.2, 0) is 6.42 Å². The molecule has 106 valence electrons. The highest BCUT2D eigenvalue weighted by Crippen LogP contribution is 2.30. The van der Waals surface area contributed by atoms with Gasteiger partial charge in [-0.05, 0) is 42.3 Å². The Morgan fingerprint density at radius 3 is 2.60 bits per heavy atom. The fraction of sp³-hybridized carbons (Fsp3) is 0.200. The zero-order valence-electron chi connectivity index (χ0n) is 10.9. The first-order chi connectivity index (χ1) is 9.52. The zero-order valence-corrected chi connectivity index (χ0v) is 14.0. The molecule has 0 amide bonds. The van der Waals surface area contributed by atoms with Crippen molar-refractivity contribution in [2.24, 2.45) is 5.73 Å². The molecule has 2 aromatic rings. The molecule has 2 aromatic carbocycles. The Hall–Kier alpha value is -0.910. The molecule has 20 heavy (non-hydrogen) atoms. The summed E-state index contributed by atoms with van der Waals surface area (Å²) in [6.07, 6.45) is 0.511. The molecule has 2 N–H and O–H groups in total. The van der Waals surface area contributed by atoms with E-state index in [1.165, 1.54) is 6.07 Å². The van der Waals surface area contributed by atoms with Gasteiger partial charge >= 0.3 is 0 Å². The van der Waals surface area contributed by atoms with Gasteiger partial charge in [-0.1, -0.05) is 37.9 Å². The Morgan fingerprint density at radius 1 is 1.20 bits per heavy atom. The zero-order chi connectivity index (χ0) is 14.7. The van der Waals surface area contributed by atoms with Crippen LogP contribution in [0.15, 0.2) is 45.3 Å². The number of rotatable bonds is 4. The van der Waals surface area contributed by atoms with Crippen LogP contribution < -0.4 is 10.5 Å². The molecule has 0 radical (unpaired) electrons. The smallest absolute Gasteiger partial charge is 0.129 e. The van der Waals surface area contributed by atoms with E-state index < -0.39 is 6.04 Å². The van der Waals surface area contributed by atoms with Crippen LogP contribution in [0.25, 0.3) is 0 Å². The maximum atomic E-state index is 13.9. The summed E-state index contributed by atoms with van der Waals surface area (Å²) >= 11 is 6.83. The maximum Gasteiger partial charge on any atom is 0.129 e. The van der Waals surface area contributed by atoms with Gasteiger partial charge in [0.25, 0.3) is 0 Å². The predicted octanol–water partition coefficient (Wildman–Crippen LogP) is 4.60. The number of ether oxygens (including phenoxy) is 1. The Labute approximate surface area is 134 Å². The van der Waals surface area contributed by atoms with Crippen molar-refractivity contribution in [2.45, 2.75) is 12.5 Å². The van der Waals surface area contributed by atoms with E-state index in [1.807, 2.05) is 18.2 Å². The molecule has 0 spiro atoms. The van der Waals surface area contributed by atoms with E-state index in [1.54, 1.807) is 19.2 Å². The van der Waals surface area contributed by atoms with Crippen molar-refractivity contribution in [3.8, 4) is 5.75 Å².